The minimum absolute atomic E-state index is 0. The van der Waals surface area contributed by atoms with Gasteiger partial charge in [0.05, 0.1) is 6.61 Å². The number of rotatable bonds is 13. The van der Waals surface area contributed by atoms with E-state index in [1.807, 2.05) is 13.8 Å². The Morgan fingerprint density at radius 1 is 0.929 bits per heavy atom. The number of carbonyl (C=O) groups is 4. The number of carboxylic acids is 1. The van der Waals surface area contributed by atoms with Crippen molar-refractivity contribution in [3.8, 4) is 0 Å². The molecule has 0 spiro atoms. The molecule has 0 aromatic heterocycles. The third-order valence-corrected chi connectivity index (χ3v) is 3.67. The monoisotopic (exact) mass is 403 g/mol. The number of allylic oxidation sites excluding steroid dienone is 2. The summed E-state index contributed by atoms with van der Waals surface area (Å²) in [7, 11) is 0. The van der Waals surface area contributed by atoms with Gasteiger partial charge in [-0.2, -0.15) is 0 Å². The number of carboxylic acid groups (broad SMARTS) is 1. The zero-order chi connectivity index (χ0) is 20.7. The van der Waals surface area contributed by atoms with Crippen LogP contribution in [0, 0.1) is 0 Å². The summed E-state index contributed by atoms with van der Waals surface area (Å²) in [6, 6.07) is -1.57. The van der Waals surface area contributed by atoms with Gasteiger partial charge in [0.25, 0.3) is 11.8 Å². The number of unbranched alkanes of at least 4 members (excludes halogenated alkanes) is 4. The predicted octanol–water partition coefficient (Wildman–Crippen LogP) is -1.09. The number of hydrogen-bond donors (Lipinski definition) is 0. The molecule has 0 fully saturated rings. The van der Waals surface area contributed by atoms with E-state index in [0.29, 0.717) is 17.7 Å². The van der Waals surface area contributed by atoms with E-state index in [9.17, 15) is 24.3 Å². The Labute approximate surface area is 189 Å². The largest absolute Gasteiger partial charge is 1.00 e. The fourth-order valence-corrected chi connectivity index (χ4v) is 2.26. The number of esters is 1. The molecule has 0 aliphatic carbocycles. The van der Waals surface area contributed by atoms with Crippen molar-refractivity contribution in [2.75, 3.05) is 6.61 Å². The first-order valence-corrected chi connectivity index (χ1v) is 9.45. The predicted molar refractivity (Wildman–Crippen MR) is 99.2 cm³/mol. The number of amides is 2. The SMILES string of the molecule is CCCC/C=C/C(=O)N(C(=O)/C=C/CCCC)C(CC(=O)[O-])C(=O)OCC.[Na+]. The van der Waals surface area contributed by atoms with Crippen LogP contribution < -0.4 is 34.7 Å². The van der Waals surface area contributed by atoms with Crippen molar-refractivity contribution in [2.24, 2.45) is 0 Å². The smallest absolute Gasteiger partial charge is 0.550 e. The summed E-state index contributed by atoms with van der Waals surface area (Å²) in [5.41, 5.74) is 0. The Morgan fingerprint density at radius 2 is 1.39 bits per heavy atom. The van der Waals surface area contributed by atoms with Gasteiger partial charge in [-0.05, 0) is 31.9 Å². The third-order valence-electron chi connectivity index (χ3n) is 3.67. The molecule has 2 amide bonds. The Hall–Kier alpha value is -1.44. The summed E-state index contributed by atoms with van der Waals surface area (Å²) >= 11 is 0. The van der Waals surface area contributed by atoms with Crippen LogP contribution in [0.1, 0.15) is 65.7 Å². The molecular formula is C20H30NNaO6. The Kier molecular flexibility index (Phi) is 18.1. The van der Waals surface area contributed by atoms with Crippen LogP contribution in [0.5, 0.6) is 0 Å². The van der Waals surface area contributed by atoms with Crippen LogP contribution >= 0.6 is 0 Å². The normalized spacial score (nSPS) is 11.8. The molecule has 28 heavy (non-hydrogen) atoms. The van der Waals surface area contributed by atoms with Crippen molar-refractivity contribution >= 4 is 23.8 Å². The molecule has 1 unspecified atom stereocenters. The molecule has 0 aromatic carbocycles. The van der Waals surface area contributed by atoms with E-state index in [0.717, 1.165) is 25.7 Å². The second-order valence-corrected chi connectivity index (χ2v) is 5.98. The van der Waals surface area contributed by atoms with Crippen LogP contribution in [-0.2, 0) is 23.9 Å². The maximum absolute atomic E-state index is 12.5. The first-order valence-electron chi connectivity index (χ1n) is 9.45. The van der Waals surface area contributed by atoms with E-state index in [2.05, 4.69) is 0 Å². The van der Waals surface area contributed by atoms with Crippen molar-refractivity contribution in [1.82, 2.24) is 4.90 Å². The second-order valence-electron chi connectivity index (χ2n) is 5.98. The summed E-state index contributed by atoms with van der Waals surface area (Å²) < 4.78 is 4.85. The number of nitrogens with zero attached hydrogens (tertiary/aromatic N) is 1. The fourth-order valence-electron chi connectivity index (χ4n) is 2.26. The molecule has 0 saturated carbocycles. The Bertz CT molecular complexity index is 529. The van der Waals surface area contributed by atoms with Gasteiger partial charge in [0, 0.05) is 12.4 Å². The van der Waals surface area contributed by atoms with Crippen molar-refractivity contribution in [2.45, 2.75) is 71.8 Å². The number of hydrogen-bond acceptors (Lipinski definition) is 6. The van der Waals surface area contributed by atoms with E-state index >= 15 is 0 Å². The van der Waals surface area contributed by atoms with E-state index < -0.39 is 36.2 Å². The molecule has 0 N–H and O–H groups in total. The van der Waals surface area contributed by atoms with Crippen LogP contribution in [0.4, 0.5) is 0 Å². The van der Waals surface area contributed by atoms with Crippen LogP contribution in [0.25, 0.3) is 0 Å². The molecule has 0 radical (unpaired) electrons. The second kappa shape index (κ2) is 17.6. The number of ether oxygens (including phenoxy) is 1. The molecule has 0 saturated heterocycles. The molecule has 0 aromatic rings. The summed E-state index contributed by atoms with van der Waals surface area (Å²) in [4.78, 5) is 48.9. The van der Waals surface area contributed by atoms with Gasteiger partial charge in [0.1, 0.15) is 6.04 Å². The molecule has 8 heteroatoms. The number of imide groups is 1. The van der Waals surface area contributed by atoms with Crippen molar-refractivity contribution in [3.05, 3.63) is 24.3 Å². The van der Waals surface area contributed by atoms with E-state index in [1.54, 1.807) is 19.1 Å². The summed E-state index contributed by atoms with van der Waals surface area (Å²) in [5, 5.41) is 11.1. The Balaban J connectivity index is 0. The van der Waals surface area contributed by atoms with Gasteiger partial charge in [0.15, 0.2) is 0 Å². The van der Waals surface area contributed by atoms with Crippen LogP contribution in [-0.4, -0.2) is 41.3 Å². The zero-order valence-electron chi connectivity index (χ0n) is 17.4. The van der Waals surface area contributed by atoms with Gasteiger partial charge in [-0.3, -0.25) is 14.5 Å². The van der Waals surface area contributed by atoms with Gasteiger partial charge in [-0.1, -0.05) is 51.7 Å². The molecule has 152 valence electrons. The minimum Gasteiger partial charge on any atom is -0.550 e. The standard InChI is InChI=1S/C20H31NO6.Na/c1-4-7-9-11-13-17(22)21(18(23)14-12-10-8-5-2)16(15-19(24)25)20(26)27-6-3;/h11-14,16H,4-10,15H2,1-3H3,(H,24,25);/q;+1/p-1/b13-11+,14-12+;. The summed E-state index contributed by atoms with van der Waals surface area (Å²) in [5.74, 6) is -4.01. The maximum atomic E-state index is 12.5. The van der Waals surface area contributed by atoms with Gasteiger partial charge in [-0.15, -0.1) is 0 Å². The molecule has 7 nitrogen and oxygen atoms in total. The van der Waals surface area contributed by atoms with Crippen molar-refractivity contribution in [1.29, 1.82) is 0 Å². The fraction of sp³-hybridized carbons (Fsp3) is 0.600. The van der Waals surface area contributed by atoms with Gasteiger partial charge in [-0.25, -0.2) is 4.79 Å². The molecular weight excluding hydrogens is 373 g/mol. The molecule has 0 aliphatic rings. The average Bonchev–Trinajstić information content (AvgIpc) is 2.61. The van der Waals surface area contributed by atoms with E-state index in [1.165, 1.54) is 12.2 Å². The minimum atomic E-state index is -1.57. The molecule has 0 aliphatic heterocycles. The van der Waals surface area contributed by atoms with E-state index in [4.69, 9.17) is 4.74 Å². The van der Waals surface area contributed by atoms with Crippen LogP contribution in [0.2, 0.25) is 0 Å². The third kappa shape index (κ3) is 12.1. The van der Waals surface area contributed by atoms with Gasteiger partial charge >= 0.3 is 35.5 Å². The van der Waals surface area contributed by atoms with Gasteiger partial charge in [0.2, 0.25) is 0 Å². The molecule has 0 rings (SSSR count). The summed E-state index contributed by atoms with van der Waals surface area (Å²) in [6.45, 7) is 5.56. The molecule has 0 bridgehead atoms. The first-order chi connectivity index (χ1) is 12.9. The number of carbonyl (C=O) groups excluding carboxylic acids is 4. The van der Waals surface area contributed by atoms with Crippen LogP contribution in [0.15, 0.2) is 24.3 Å². The zero-order valence-corrected chi connectivity index (χ0v) is 19.4. The Morgan fingerprint density at radius 3 is 1.75 bits per heavy atom. The maximum Gasteiger partial charge on any atom is 1.00 e. The van der Waals surface area contributed by atoms with Crippen LogP contribution in [0.3, 0.4) is 0 Å². The van der Waals surface area contributed by atoms with Crippen molar-refractivity contribution in [3.63, 3.8) is 0 Å². The topological polar surface area (TPSA) is 104 Å². The van der Waals surface area contributed by atoms with Crippen molar-refractivity contribution < 1.29 is 58.6 Å². The molecule has 1 atom stereocenters. The first kappa shape index (κ1) is 28.8. The van der Waals surface area contributed by atoms with E-state index in [-0.39, 0.29) is 36.2 Å². The number of aliphatic carboxylic acids is 1. The average molecular weight is 403 g/mol. The van der Waals surface area contributed by atoms with Gasteiger partial charge < -0.3 is 14.6 Å². The molecule has 0 heterocycles. The summed E-state index contributed by atoms with van der Waals surface area (Å²) in [6.07, 6.45) is 9.68. The quantitative estimate of drug-likeness (QED) is 0.168.